The van der Waals surface area contributed by atoms with Crippen molar-refractivity contribution in [2.24, 2.45) is 0 Å². The highest BCUT2D eigenvalue weighted by Crippen LogP contribution is 2.06. The first-order valence-corrected chi connectivity index (χ1v) is 6.21. The number of aromatic nitrogens is 1. The molecular formula is C7H7BrN2O3S. The zero-order chi connectivity index (χ0) is 10.8. The van der Waals surface area contributed by atoms with Crippen LogP contribution in [-0.4, -0.2) is 25.6 Å². The molecule has 1 amide bonds. The summed E-state index contributed by atoms with van der Waals surface area (Å²) in [5, 5.41) is 0. The molecule has 5 nitrogen and oxygen atoms in total. The van der Waals surface area contributed by atoms with E-state index in [0.29, 0.717) is 4.60 Å². The van der Waals surface area contributed by atoms with Crippen LogP contribution in [0.5, 0.6) is 0 Å². The summed E-state index contributed by atoms with van der Waals surface area (Å²) in [6.07, 6.45) is 0.906. The molecule has 0 saturated heterocycles. The summed E-state index contributed by atoms with van der Waals surface area (Å²) in [6, 6.07) is 4.65. The van der Waals surface area contributed by atoms with Crippen molar-refractivity contribution in [2.75, 3.05) is 6.26 Å². The molecule has 0 aliphatic carbocycles. The molecule has 0 radical (unpaired) electrons. The number of rotatable bonds is 2. The van der Waals surface area contributed by atoms with Gasteiger partial charge in [-0.25, -0.2) is 18.1 Å². The van der Waals surface area contributed by atoms with E-state index >= 15 is 0 Å². The van der Waals surface area contributed by atoms with E-state index in [0.717, 1.165) is 6.26 Å². The van der Waals surface area contributed by atoms with Gasteiger partial charge in [0.05, 0.1) is 6.26 Å². The lowest BCUT2D eigenvalue weighted by atomic mass is 10.3. The third-order valence-electron chi connectivity index (χ3n) is 1.23. The second-order valence-corrected chi connectivity index (χ2v) is 5.11. The van der Waals surface area contributed by atoms with Gasteiger partial charge in [-0.2, -0.15) is 0 Å². The Balaban J connectivity index is 2.91. The summed E-state index contributed by atoms with van der Waals surface area (Å²) in [5.41, 5.74) is 0.0461. The first-order valence-electron chi connectivity index (χ1n) is 3.53. The largest absolute Gasteiger partial charge is 0.283 e. The van der Waals surface area contributed by atoms with E-state index in [9.17, 15) is 13.2 Å². The number of pyridine rings is 1. The van der Waals surface area contributed by atoms with Gasteiger partial charge in [0.25, 0.3) is 5.91 Å². The SMILES string of the molecule is CS(=O)(=O)NC(=O)c1cccc(Br)n1. The zero-order valence-electron chi connectivity index (χ0n) is 7.19. The summed E-state index contributed by atoms with van der Waals surface area (Å²) >= 11 is 3.07. The molecule has 0 aliphatic heterocycles. The average Bonchev–Trinajstić information content (AvgIpc) is 2.01. The fourth-order valence-corrected chi connectivity index (χ4v) is 1.54. The molecule has 0 aliphatic rings. The number of halogens is 1. The number of carbonyl (C=O) groups excluding carboxylic acids is 1. The van der Waals surface area contributed by atoms with E-state index in [-0.39, 0.29) is 5.69 Å². The number of nitrogens with zero attached hydrogens (tertiary/aromatic N) is 1. The molecule has 1 rings (SSSR count). The number of amides is 1. The van der Waals surface area contributed by atoms with E-state index in [4.69, 9.17) is 0 Å². The Labute approximate surface area is 89.7 Å². The van der Waals surface area contributed by atoms with E-state index in [1.54, 1.807) is 12.1 Å². The third-order valence-corrected chi connectivity index (χ3v) is 2.22. The second-order valence-electron chi connectivity index (χ2n) is 2.55. The quantitative estimate of drug-likeness (QED) is 0.801. The molecular weight excluding hydrogens is 272 g/mol. The highest BCUT2D eigenvalue weighted by atomic mass is 79.9. The number of sulfonamides is 1. The van der Waals surface area contributed by atoms with Gasteiger partial charge >= 0.3 is 0 Å². The Kier molecular flexibility index (Phi) is 3.22. The summed E-state index contributed by atoms with van der Waals surface area (Å²) in [4.78, 5) is 15.0. The van der Waals surface area contributed by atoms with Crippen molar-refractivity contribution in [3.8, 4) is 0 Å². The molecule has 14 heavy (non-hydrogen) atoms. The van der Waals surface area contributed by atoms with Crippen LogP contribution in [0, 0.1) is 0 Å². The van der Waals surface area contributed by atoms with Crippen LogP contribution in [0.4, 0.5) is 0 Å². The van der Waals surface area contributed by atoms with Crippen LogP contribution in [0.15, 0.2) is 22.8 Å². The van der Waals surface area contributed by atoms with E-state index in [2.05, 4.69) is 20.9 Å². The monoisotopic (exact) mass is 278 g/mol. The van der Waals surface area contributed by atoms with Crippen LogP contribution in [0.25, 0.3) is 0 Å². The fraction of sp³-hybridized carbons (Fsp3) is 0.143. The maximum absolute atomic E-state index is 11.2. The van der Waals surface area contributed by atoms with Crippen LogP contribution in [0.2, 0.25) is 0 Å². The van der Waals surface area contributed by atoms with E-state index in [1.807, 2.05) is 4.72 Å². The average molecular weight is 279 g/mol. The first-order chi connectivity index (χ1) is 6.38. The molecule has 0 atom stereocenters. The Morgan fingerprint density at radius 3 is 2.64 bits per heavy atom. The highest BCUT2D eigenvalue weighted by molar-refractivity contribution is 9.10. The molecule has 7 heteroatoms. The predicted molar refractivity (Wildman–Crippen MR) is 54.2 cm³/mol. The summed E-state index contributed by atoms with van der Waals surface area (Å²) < 4.78 is 23.7. The van der Waals surface area contributed by atoms with E-state index < -0.39 is 15.9 Å². The lowest BCUT2D eigenvalue weighted by molar-refractivity contribution is 0.0976. The van der Waals surface area contributed by atoms with Crippen LogP contribution in [-0.2, 0) is 10.0 Å². The minimum Gasteiger partial charge on any atom is -0.266 e. The predicted octanol–water partition coefficient (Wildman–Crippen LogP) is 0.533. The lowest BCUT2D eigenvalue weighted by Crippen LogP contribution is -2.29. The van der Waals surface area contributed by atoms with Crippen molar-refractivity contribution in [1.29, 1.82) is 0 Å². The van der Waals surface area contributed by atoms with Crippen molar-refractivity contribution in [3.05, 3.63) is 28.5 Å². The van der Waals surface area contributed by atoms with Gasteiger partial charge in [0, 0.05) is 0 Å². The van der Waals surface area contributed by atoms with Crippen LogP contribution in [0.1, 0.15) is 10.5 Å². The van der Waals surface area contributed by atoms with Crippen molar-refractivity contribution < 1.29 is 13.2 Å². The number of hydrogen-bond acceptors (Lipinski definition) is 4. The second kappa shape index (κ2) is 4.05. The van der Waals surface area contributed by atoms with Crippen molar-refractivity contribution >= 4 is 31.9 Å². The van der Waals surface area contributed by atoms with Crippen molar-refractivity contribution in [2.45, 2.75) is 0 Å². The minimum absolute atomic E-state index is 0.0461. The Bertz CT molecular complexity index is 458. The molecule has 0 bridgehead atoms. The van der Waals surface area contributed by atoms with Gasteiger partial charge in [-0.05, 0) is 28.1 Å². The Morgan fingerprint density at radius 2 is 2.14 bits per heavy atom. The molecule has 1 aromatic rings. The molecule has 0 fully saturated rings. The number of nitrogens with one attached hydrogen (secondary N) is 1. The minimum atomic E-state index is -3.54. The van der Waals surface area contributed by atoms with Crippen LogP contribution < -0.4 is 4.72 Å². The molecule has 76 valence electrons. The Hall–Kier alpha value is -0.950. The summed E-state index contributed by atoms with van der Waals surface area (Å²) in [6.45, 7) is 0. The lowest BCUT2D eigenvalue weighted by Gasteiger charge is -2.01. The number of carbonyl (C=O) groups is 1. The molecule has 0 spiro atoms. The zero-order valence-corrected chi connectivity index (χ0v) is 9.59. The smallest absolute Gasteiger partial charge is 0.266 e. The number of hydrogen-bond donors (Lipinski definition) is 1. The van der Waals surface area contributed by atoms with Crippen LogP contribution in [0.3, 0.4) is 0 Å². The highest BCUT2D eigenvalue weighted by Gasteiger charge is 2.11. The van der Waals surface area contributed by atoms with Gasteiger partial charge in [0.1, 0.15) is 10.3 Å². The van der Waals surface area contributed by atoms with Crippen LogP contribution >= 0.6 is 15.9 Å². The molecule has 1 aromatic heterocycles. The summed E-state index contributed by atoms with van der Waals surface area (Å²) in [5.74, 6) is -0.742. The van der Waals surface area contributed by atoms with Gasteiger partial charge in [-0.3, -0.25) is 4.79 Å². The molecule has 1 heterocycles. The van der Waals surface area contributed by atoms with Crippen molar-refractivity contribution in [3.63, 3.8) is 0 Å². The van der Waals surface area contributed by atoms with Gasteiger partial charge in [0.15, 0.2) is 0 Å². The standard InChI is InChI=1S/C7H7BrN2O3S/c1-14(12,13)10-7(11)5-3-2-4-6(8)9-5/h2-4H,1H3,(H,10,11). The molecule has 0 unspecified atom stereocenters. The normalized spacial score (nSPS) is 11.0. The topological polar surface area (TPSA) is 76.1 Å². The fourth-order valence-electron chi connectivity index (χ4n) is 0.755. The third kappa shape index (κ3) is 3.43. The van der Waals surface area contributed by atoms with Gasteiger partial charge in [-0.1, -0.05) is 6.07 Å². The van der Waals surface area contributed by atoms with E-state index in [1.165, 1.54) is 6.07 Å². The van der Waals surface area contributed by atoms with Gasteiger partial charge < -0.3 is 0 Å². The van der Waals surface area contributed by atoms with Gasteiger partial charge in [-0.15, -0.1) is 0 Å². The molecule has 1 N–H and O–H groups in total. The maximum atomic E-state index is 11.2. The summed E-state index contributed by atoms with van der Waals surface area (Å²) in [7, 11) is -3.54. The molecule has 0 aromatic carbocycles. The van der Waals surface area contributed by atoms with Crippen molar-refractivity contribution in [1.82, 2.24) is 9.71 Å². The Morgan fingerprint density at radius 1 is 1.50 bits per heavy atom. The molecule has 0 saturated carbocycles. The van der Waals surface area contributed by atoms with Gasteiger partial charge in [0.2, 0.25) is 10.0 Å². The first kappa shape index (κ1) is 11.1. The maximum Gasteiger partial charge on any atom is 0.283 e.